The zero-order chi connectivity index (χ0) is 15.3. The molecule has 0 fully saturated rings. The smallest absolute Gasteiger partial charge is 0.182 e. The van der Waals surface area contributed by atoms with Crippen molar-refractivity contribution in [3.05, 3.63) is 72.2 Å². The normalized spacial score (nSPS) is 11.8. The number of hydrogen-bond donors (Lipinski definition) is 0. The average molecular weight is 296 g/mol. The van der Waals surface area contributed by atoms with Crippen molar-refractivity contribution in [2.24, 2.45) is 0 Å². The van der Waals surface area contributed by atoms with E-state index in [1.54, 1.807) is 11.1 Å². The van der Waals surface area contributed by atoms with E-state index in [2.05, 4.69) is 6.07 Å². The summed E-state index contributed by atoms with van der Waals surface area (Å²) in [5, 5.41) is 11.1. The van der Waals surface area contributed by atoms with E-state index in [9.17, 15) is 9.83 Å². The minimum Gasteiger partial charge on any atom is -0.382 e. The summed E-state index contributed by atoms with van der Waals surface area (Å²) >= 11 is 0. The van der Waals surface area contributed by atoms with Crippen molar-refractivity contribution < 1.29 is 4.57 Å². The Balaban J connectivity index is 2.73. The highest BCUT2D eigenvalue weighted by atomic mass is 31.2. The van der Waals surface area contributed by atoms with Crippen LogP contribution >= 0.6 is 7.14 Å². The van der Waals surface area contributed by atoms with Gasteiger partial charge in [-0.05, 0) is 0 Å². The van der Waals surface area contributed by atoms with Gasteiger partial charge in [0.1, 0.15) is 11.4 Å². The molecule has 4 heteroatoms. The summed E-state index contributed by atoms with van der Waals surface area (Å²) in [4.78, 5) is 1.75. The van der Waals surface area contributed by atoms with Crippen molar-refractivity contribution >= 4 is 17.8 Å². The second-order valence-corrected chi connectivity index (χ2v) is 7.60. The summed E-state index contributed by atoms with van der Waals surface area (Å²) in [5.41, 5.74) is 0. The maximum atomic E-state index is 13.8. The van der Waals surface area contributed by atoms with Crippen LogP contribution in [-0.4, -0.2) is 19.0 Å². The highest BCUT2D eigenvalue weighted by molar-refractivity contribution is 7.82. The van der Waals surface area contributed by atoms with Crippen molar-refractivity contribution in [3.63, 3.8) is 0 Å². The SMILES string of the molecule is CN(C)/C=C(\C#N)P(=O)(c1ccccc1)c1ccccc1. The molecule has 0 aliphatic rings. The molecule has 3 nitrogen and oxygen atoms in total. The average Bonchev–Trinajstić information content (AvgIpc) is 2.53. The fourth-order valence-corrected chi connectivity index (χ4v) is 4.70. The summed E-state index contributed by atoms with van der Waals surface area (Å²) in [6, 6.07) is 20.5. The quantitative estimate of drug-likeness (QED) is 0.643. The molecule has 0 amide bonds. The third-order valence-corrected chi connectivity index (χ3v) is 6.02. The minimum atomic E-state index is -3.13. The number of nitriles is 1. The molecule has 0 aromatic heterocycles. The molecule has 0 unspecified atom stereocenters. The molecular weight excluding hydrogens is 279 g/mol. The molecule has 106 valence electrons. The predicted octanol–water partition coefficient (Wildman–Crippen LogP) is 2.93. The fourth-order valence-electron chi connectivity index (χ4n) is 2.13. The minimum absolute atomic E-state index is 0.282. The van der Waals surface area contributed by atoms with Crippen molar-refractivity contribution in [1.29, 1.82) is 5.26 Å². The van der Waals surface area contributed by atoms with Crippen molar-refractivity contribution in [3.8, 4) is 6.07 Å². The molecule has 2 aromatic rings. The zero-order valence-corrected chi connectivity index (χ0v) is 13.0. The third-order valence-electron chi connectivity index (χ3n) is 3.07. The van der Waals surface area contributed by atoms with Crippen LogP contribution in [0.5, 0.6) is 0 Å². The van der Waals surface area contributed by atoms with Crippen LogP contribution in [0.3, 0.4) is 0 Å². The molecule has 0 spiro atoms. The van der Waals surface area contributed by atoms with E-state index in [1.165, 1.54) is 0 Å². The number of allylic oxidation sites excluding steroid dienone is 1. The van der Waals surface area contributed by atoms with Crippen molar-refractivity contribution in [2.75, 3.05) is 14.1 Å². The topological polar surface area (TPSA) is 44.1 Å². The van der Waals surface area contributed by atoms with E-state index >= 15 is 0 Å². The highest BCUT2D eigenvalue weighted by Crippen LogP contribution is 2.51. The summed E-state index contributed by atoms with van der Waals surface area (Å²) in [5.74, 6) is 0. The Kier molecular flexibility index (Phi) is 4.62. The van der Waals surface area contributed by atoms with Gasteiger partial charge in [-0.15, -0.1) is 0 Å². The third kappa shape index (κ3) is 3.07. The van der Waals surface area contributed by atoms with Gasteiger partial charge in [0.05, 0.1) is 0 Å². The van der Waals surface area contributed by atoms with E-state index in [4.69, 9.17) is 0 Å². The number of hydrogen-bond acceptors (Lipinski definition) is 3. The first kappa shape index (κ1) is 15.1. The van der Waals surface area contributed by atoms with Gasteiger partial charge in [-0.2, -0.15) is 5.26 Å². The largest absolute Gasteiger partial charge is 0.382 e. The van der Waals surface area contributed by atoms with Gasteiger partial charge in [0, 0.05) is 30.9 Å². The van der Waals surface area contributed by atoms with Crippen LogP contribution < -0.4 is 10.6 Å². The molecule has 0 radical (unpaired) electrons. The maximum absolute atomic E-state index is 13.8. The molecule has 2 aromatic carbocycles. The Morgan fingerprint density at radius 1 is 1.00 bits per heavy atom. The molecule has 0 saturated heterocycles. The molecule has 0 aliphatic carbocycles. The second kappa shape index (κ2) is 6.43. The molecular formula is C17H17N2OP. The van der Waals surface area contributed by atoms with Crippen molar-refractivity contribution in [1.82, 2.24) is 4.90 Å². The van der Waals surface area contributed by atoms with E-state index in [0.717, 1.165) is 0 Å². The monoisotopic (exact) mass is 296 g/mol. The van der Waals surface area contributed by atoms with Crippen LogP contribution in [0.15, 0.2) is 72.2 Å². The van der Waals surface area contributed by atoms with Crippen LogP contribution in [0, 0.1) is 11.3 Å². The lowest BCUT2D eigenvalue weighted by atomic mass is 10.4. The van der Waals surface area contributed by atoms with E-state index in [-0.39, 0.29) is 5.31 Å². The van der Waals surface area contributed by atoms with E-state index in [1.807, 2.05) is 74.8 Å². The Labute approximate surface area is 125 Å². The molecule has 0 saturated carbocycles. The van der Waals surface area contributed by atoms with Gasteiger partial charge >= 0.3 is 0 Å². The first-order chi connectivity index (χ1) is 10.1. The van der Waals surface area contributed by atoms with Gasteiger partial charge in [-0.1, -0.05) is 60.7 Å². The van der Waals surface area contributed by atoms with Gasteiger partial charge in [-0.3, -0.25) is 0 Å². The van der Waals surface area contributed by atoms with Gasteiger partial charge in [0.2, 0.25) is 0 Å². The lowest BCUT2D eigenvalue weighted by Crippen LogP contribution is -2.18. The Morgan fingerprint density at radius 2 is 1.43 bits per heavy atom. The van der Waals surface area contributed by atoms with Crippen LogP contribution in [0.1, 0.15) is 0 Å². The van der Waals surface area contributed by atoms with Gasteiger partial charge in [0.15, 0.2) is 7.14 Å². The number of benzene rings is 2. The molecule has 0 heterocycles. The Morgan fingerprint density at radius 3 is 1.76 bits per heavy atom. The Hall–Kier alpha value is -2.30. The summed E-state index contributed by atoms with van der Waals surface area (Å²) < 4.78 is 13.8. The van der Waals surface area contributed by atoms with Crippen LogP contribution in [0.4, 0.5) is 0 Å². The first-order valence-corrected chi connectivity index (χ1v) is 8.30. The molecule has 21 heavy (non-hydrogen) atoms. The maximum Gasteiger partial charge on any atom is 0.182 e. The summed E-state index contributed by atoms with van der Waals surface area (Å²) in [7, 11) is 0.504. The van der Waals surface area contributed by atoms with Gasteiger partial charge in [-0.25, -0.2) is 0 Å². The van der Waals surface area contributed by atoms with Gasteiger partial charge in [0.25, 0.3) is 0 Å². The molecule has 0 N–H and O–H groups in total. The zero-order valence-electron chi connectivity index (χ0n) is 12.1. The number of nitrogens with zero attached hydrogens (tertiary/aromatic N) is 2. The first-order valence-electron chi connectivity index (χ1n) is 6.59. The second-order valence-electron chi connectivity index (χ2n) is 4.87. The predicted molar refractivity (Wildman–Crippen MR) is 87.1 cm³/mol. The molecule has 0 atom stereocenters. The van der Waals surface area contributed by atoms with E-state index < -0.39 is 7.14 Å². The molecule has 0 bridgehead atoms. The van der Waals surface area contributed by atoms with E-state index in [0.29, 0.717) is 10.6 Å². The Bertz CT molecular complexity index is 672. The molecule has 2 rings (SSSR count). The lowest BCUT2D eigenvalue weighted by Gasteiger charge is -2.19. The van der Waals surface area contributed by atoms with Crippen LogP contribution in [0.2, 0.25) is 0 Å². The molecule has 0 aliphatic heterocycles. The highest BCUT2D eigenvalue weighted by Gasteiger charge is 2.32. The van der Waals surface area contributed by atoms with Gasteiger partial charge < -0.3 is 9.46 Å². The number of rotatable bonds is 4. The summed E-state index contributed by atoms with van der Waals surface area (Å²) in [6.07, 6.45) is 1.64. The standard InChI is InChI=1S/C17H17N2OP/c1-19(2)14-17(13-18)21(20,15-9-5-3-6-10-15)16-11-7-4-8-12-16/h3-12,14H,1-2H3/b17-14+. The van der Waals surface area contributed by atoms with Crippen LogP contribution in [-0.2, 0) is 4.57 Å². The van der Waals surface area contributed by atoms with Crippen LogP contribution in [0.25, 0.3) is 0 Å². The lowest BCUT2D eigenvalue weighted by molar-refractivity contribution is 0.559. The summed E-state index contributed by atoms with van der Waals surface area (Å²) in [6.45, 7) is 0. The fraction of sp³-hybridized carbons (Fsp3) is 0.118. The van der Waals surface area contributed by atoms with Crippen molar-refractivity contribution in [2.45, 2.75) is 0 Å².